The van der Waals surface area contributed by atoms with E-state index in [9.17, 15) is 0 Å². The Bertz CT molecular complexity index is 380. The zero-order chi connectivity index (χ0) is 13.2. The lowest BCUT2D eigenvalue weighted by Crippen LogP contribution is -2.57. The summed E-state index contributed by atoms with van der Waals surface area (Å²) in [5.74, 6) is 0. The number of nitrogens with two attached hydrogens (primary N) is 1. The van der Waals surface area contributed by atoms with Gasteiger partial charge in [0.25, 0.3) is 0 Å². The van der Waals surface area contributed by atoms with Gasteiger partial charge in [0.05, 0.1) is 6.61 Å². The predicted molar refractivity (Wildman–Crippen MR) is 74.7 cm³/mol. The fraction of sp³-hybridized carbons (Fsp3) is 0.600. The molecule has 18 heavy (non-hydrogen) atoms. The van der Waals surface area contributed by atoms with Gasteiger partial charge in [-0.05, 0) is 37.9 Å². The third-order valence-corrected chi connectivity index (χ3v) is 4.35. The molecule has 2 rings (SSSR count). The van der Waals surface area contributed by atoms with Gasteiger partial charge in [0.2, 0.25) is 0 Å². The largest absolute Gasteiger partial charge is 0.383 e. The Morgan fingerprint density at radius 1 is 1.33 bits per heavy atom. The molecular formula is C15H24N2O. The van der Waals surface area contributed by atoms with Crippen LogP contribution in [0, 0.1) is 0 Å². The minimum atomic E-state index is 0.0572. The van der Waals surface area contributed by atoms with Crippen LogP contribution in [-0.4, -0.2) is 43.8 Å². The maximum atomic E-state index is 6.10. The van der Waals surface area contributed by atoms with Crippen molar-refractivity contribution in [1.29, 1.82) is 0 Å². The van der Waals surface area contributed by atoms with Crippen LogP contribution in [0.2, 0.25) is 0 Å². The molecular weight excluding hydrogens is 224 g/mol. The minimum Gasteiger partial charge on any atom is -0.383 e. The second-order valence-corrected chi connectivity index (χ2v) is 5.47. The third-order valence-electron chi connectivity index (χ3n) is 4.35. The first-order valence-electron chi connectivity index (χ1n) is 6.61. The van der Waals surface area contributed by atoms with Gasteiger partial charge in [-0.15, -0.1) is 0 Å². The highest BCUT2D eigenvalue weighted by atomic mass is 16.5. The van der Waals surface area contributed by atoms with Crippen molar-refractivity contribution in [1.82, 2.24) is 4.90 Å². The van der Waals surface area contributed by atoms with Crippen LogP contribution in [0.25, 0.3) is 0 Å². The van der Waals surface area contributed by atoms with Gasteiger partial charge in [0, 0.05) is 25.2 Å². The third kappa shape index (κ3) is 2.30. The van der Waals surface area contributed by atoms with Crippen molar-refractivity contribution in [3.8, 4) is 0 Å². The molecule has 1 atom stereocenters. The highest BCUT2D eigenvalue weighted by Gasteiger charge is 2.40. The molecule has 0 aliphatic heterocycles. The Labute approximate surface area is 110 Å². The summed E-state index contributed by atoms with van der Waals surface area (Å²) in [5.41, 5.74) is 9.05. The molecule has 0 saturated carbocycles. The van der Waals surface area contributed by atoms with Crippen molar-refractivity contribution in [2.75, 3.05) is 27.3 Å². The van der Waals surface area contributed by atoms with Crippen LogP contribution >= 0.6 is 0 Å². The molecule has 0 heterocycles. The van der Waals surface area contributed by atoms with Gasteiger partial charge in [-0.25, -0.2) is 0 Å². The first kappa shape index (κ1) is 13.5. The van der Waals surface area contributed by atoms with Crippen molar-refractivity contribution >= 4 is 0 Å². The molecule has 0 fully saturated rings. The Morgan fingerprint density at radius 2 is 1.89 bits per heavy atom. The smallest absolute Gasteiger partial charge is 0.0615 e. The highest BCUT2D eigenvalue weighted by molar-refractivity contribution is 5.36. The summed E-state index contributed by atoms with van der Waals surface area (Å²) in [7, 11) is 3.92. The molecule has 1 unspecified atom stereocenters. The van der Waals surface area contributed by atoms with Crippen LogP contribution in [0.1, 0.15) is 18.1 Å². The molecule has 0 aromatic heterocycles. The molecule has 2 N–H and O–H groups in total. The first-order chi connectivity index (χ1) is 8.63. The Balaban J connectivity index is 2.20. The summed E-state index contributed by atoms with van der Waals surface area (Å²) in [5, 5.41) is 0. The van der Waals surface area contributed by atoms with Crippen LogP contribution in [0.3, 0.4) is 0 Å². The normalized spacial score (nSPS) is 18.9. The van der Waals surface area contributed by atoms with Gasteiger partial charge < -0.3 is 10.5 Å². The summed E-state index contributed by atoms with van der Waals surface area (Å²) in [6.07, 6.45) is 2.09. The van der Waals surface area contributed by atoms with Crippen molar-refractivity contribution in [3.63, 3.8) is 0 Å². The number of rotatable bonds is 5. The van der Waals surface area contributed by atoms with E-state index in [4.69, 9.17) is 10.5 Å². The SMILES string of the molecule is COCC(C)N(C)C1(CN)Cc2ccccc2C1. The molecule has 0 bridgehead atoms. The molecule has 1 aromatic carbocycles. The Kier molecular flexibility index (Phi) is 4.05. The number of hydrogen-bond donors (Lipinski definition) is 1. The zero-order valence-electron chi connectivity index (χ0n) is 11.6. The summed E-state index contributed by atoms with van der Waals surface area (Å²) in [6.45, 7) is 3.63. The average molecular weight is 248 g/mol. The van der Waals surface area contributed by atoms with E-state index in [1.54, 1.807) is 7.11 Å². The maximum absolute atomic E-state index is 6.10. The van der Waals surface area contributed by atoms with E-state index in [1.165, 1.54) is 11.1 Å². The van der Waals surface area contributed by atoms with Crippen molar-refractivity contribution in [2.45, 2.75) is 31.3 Å². The van der Waals surface area contributed by atoms with E-state index in [0.29, 0.717) is 12.6 Å². The highest BCUT2D eigenvalue weighted by Crippen LogP contribution is 2.34. The number of methoxy groups -OCH3 is 1. The van der Waals surface area contributed by atoms with Gasteiger partial charge in [-0.2, -0.15) is 0 Å². The summed E-state index contributed by atoms with van der Waals surface area (Å²) >= 11 is 0. The quantitative estimate of drug-likeness (QED) is 0.857. The van der Waals surface area contributed by atoms with E-state index >= 15 is 0 Å². The van der Waals surface area contributed by atoms with Crippen molar-refractivity contribution in [2.24, 2.45) is 5.73 Å². The lowest BCUT2D eigenvalue weighted by Gasteiger charge is -2.41. The summed E-state index contributed by atoms with van der Waals surface area (Å²) < 4.78 is 5.27. The lowest BCUT2D eigenvalue weighted by atomic mass is 9.92. The average Bonchev–Trinajstić information content (AvgIpc) is 2.77. The lowest BCUT2D eigenvalue weighted by molar-refractivity contribution is 0.0430. The molecule has 0 saturated heterocycles. The van der Waals surface area contributed by atoms with E-state index in [2.05, 4.69) is 43.1 Å². The number of fused-ring (bicyclic) bond motifs is 1. The Morgan fingerprint density at radius 3 is 2.33 bits per heavy atom. The van der Waals surface area contributed by atoms with Crippen LogP contribution in [0.5, 0.6) is 0 Å². The summed E-state index contributed by atoms with van der Waals surface area (Å²) in [6, 6.07) is 9.06. The van der Waals surface area contributed by atoms with Gasteiger partial charge in [-0.1, -0.05) is 24.3 Å². The molecule has 0 spiro atoms. The van der Waals surface area contributed by atoms with Crippen molar-refractivity contribution in [3.05, 3.63) is 35.4 Å². The summed E-state index contributed by atoms with van der Waals surface area (Å²) in [4.78, 5) is 2.40. The second kappa shape index (κ2) is 5.39. The topological polar surface area (TPSA) is 38.5 Å². The van der Waals surface area contributed by atoms with E-state index in [0.717, 1.165) is 19.4 Å². The fourth-order valence-corrected chi connectivity index (χ4v) is 3.03. The molecule has 1 aliphatic carbocycles. The number of hydrogen-bond acceptors (Lipinski definition) is 3. The fourth-order valence-electron chi connectivity index (χ4n) is 3.03. The second-order valence-electron chi connectivity index (χ2n) is 5.47. The van der Waals surface area contributed by atoms with Gasteiger partial charge >= 0.3 is 0 Å². The number of likely N-dealkylation sites (N-methyl/N-ethyl adjacent to an activating group) is 1. The van der Waals surface area contributed by atoms with Crippen molar-refractivity contribution < 1.29 is 4.74 Å². The van der Waals surface area contributed by atoms with Gasteiger partial charge in [-0.3, -0.25) is 4.90 Å². The van der Waals surface area contributed by atoms with Gasteiger partial charge in [0.1, 0.15) is 0 Å². The molecule has 3 nitrogen and oxygen atoms in total. The molecule has 1 aliphatic rings. The minimum absolute atomic E-state index is 0.0572. The van der Waals surface area contributed by atoms with Crippen LogP contribution < -0.4 is 5.73 Å². The van der Waals surface area contributed by atoms with E-state index in [-0.39, 0.29) is 5.54 Å². The molecule has 0 amide bonds. The zero-order valence-corrected chi connectivity index (χ0v) is 11.6. The van der Waals surface area contributed by atoms with Crippen LogP contribution in [0.4, 0.5) is 0 Å². The monoisotopic (exact) mass is 248 g/mol. The number of benzene rings is 1. The Hall–Kier alpha value is -0.900. The molecule has 1 aromatic rings. The number of ether oxygens (including phenoxy) is 1. The molecule has 0 radical (unpaired) electrons. The molecule has 100 valence electrons. The van der Waals surface area contributed by atoms with E-state index in [1.807, 2.05) is 0 Å². The number of nitrogens with zero attached hydrogens (tertiary/aromatic N) is 1. The van der Waals surface area contributed by atoms with Crippen LogP contribution in [0.15, 0.2) is 24.3 Å². The van der Waals surface area contributed by atoms with Crippen LogP contribution in [-0.2, 0) is 17.6 Å². The van der Waals surface area contributed by atoms with E-state index < -0.39 is 0 Å². The first-order valence-corrected chi connectivity index (χ1v) is 6.61. The van der Waals surface area contributed by atoms with Gasteiger partial charge in [0.15, 0.2) is 0 Å². The molecule has 3 heteroatoms. The standard InChI is InChI=1S/C15H24N2O/c1-12(10-18-3)17(2)15(11-16)8-13-6-4-5-7-14(13)9-15/h4-7,12H,8-11,16H2,1-3H3. The predicted octanol–water partition coefficient (Wildman–Crippen LogP) is 1.45. The maximum Gasteiger partial charge on any atom is 0.0615 e.